The van der Waals surface area contributed by atoms with Crippen LogP contribution in [-0.4, -0.2) is 27.5 Å². The van der Waals surface area contributed by atoms with Gasteiger partial charge in [0.05, 0.1) is 28.7 Å². The van der Waals surface area contributed by atoms with Gasteiger partial charge in [-0.3, -0.25) is 4.90 Å². The van der Waals surface area contributed by atoms with Gasteiger partial charge >= 0.3 is 0 Å². The van der Waals surface area contributed by atoms with Crippen LogP contribution < -0.4 is 0 Å². The standard InChI is InChI=1S/C21H32N4/c1-5-9-20(24(12-6-2)13-7-3)21-23-18-15-17(16-22)10-11-19(18)25(21)14-8-4/h10-11,15,20H,5-9,12-14H2,1-4H3. The number of rotatable bonds is 10. The Bertz CT molecular complexity index is 704. The first-order chi connectivity index (χ1) is 12.2. The van der Waals surface area contributed by atoms with Crippen molar-refractivity contribution >= 4 is 11.0 Å². The van der Waals surface area contributed by atoms with Crippen LogP contribution in [0.5, 0.6) is 0 Å². The Morgan fingerprint density at radius 3 is 2.36 bits per heavy atom. The molecule has 0 bridgehead atoms. The van der Waals surface area contributed by atoms with Gasteiger partial charge in [-0.25, -0.2) is 4.98 Å². The van der Waals surface area contributed by atoms with E-state index in [1.807, 2.05) is 12.1 Å². The molecule has 0 aliphatic carbocycles. The number of benzene rings is 1. The van der Waals surface area contributed by atoms with E-state index in [-0.39, 0.29) is 0 Å². The molecule has 1 aromatic heterocycles. The number of aryl methyl sites for hydroxylation is 1. The molecule has 1 aromatic carbocycles. The second-order valence-corrected chi connectivity index (χ2v) is 6.78. The molecule has 25 heavy (non-hydrogen) atoms. The average molecular weight is 341 g/mol. The summed E-state index contributed by atoms with van der Waals surface area (Å²) in [6.45, 7) is 12.2. The van der Waals surface area contributed by atoms with Gasteiger partial charge in [0.1, 0.15) is 5.82 Å². The maximum Gasteiger partial charge on any atom is 0.127 e. The van der Waals surface area contributed by atoms with Gasteiger partial charge in [-0.2, -0.15) is 5.26 Å². The second kappa shape index (κ2) is 9.58. The molecule has 0 fully saturated rings. The van der Waals surface area contributed by atoms with E-state index in [9.17, 15) is 5.26 Å². The van der Waals surface area contributed by atoms with Crippen LogP contribution in [0.3, 0.4) is 0 Å². The van der Waals surface area contributed by atoms with Crippen molar-refractivity contribution in [2.75, 3.05) is 13.1 Å². The molecule has 0 aliphatic rings. The molecule has 4 heteroatoms. The molecule has 4 nitrogen and oxygen atoms in total. The van der Waals surface area contributed by atoms with Crippen molar-refractivity contribution in [3.63, 3.8) is 0 Å². The molecule has 1 heterocycles. The van der Waals surface area contributed by atoms with Crippen LogP contribution in [-0.2, 0) is 6.54 Å². The number of fused-ring (bicyclic) bond motifs is 1. The van der Waals surface area contributed by atoms with Gasteiger partial charge in [0.15, 0.2) is 0 Å². The van der Waals surface area contributed by atoms with E-state index in [2.05, 4.69) is 49.3 Å². The van der Waals surface area contributed by atoms with Crippen LogP contribution in [0.25, 0.3) is 11.0 Å². The van der Waals surface area contributed by atoms with Crippen molar-refractivity contribution in [3.8, 4) is 6.07 Å². The molecule has 0 amide bonds. The average Bonchev–Trinajstić information content (AvgIpc) is 2.97. The van der Waals surface area contributed by atoms with E-state index in [0.29, 0.717) is 11.6 Å². The lowest BCUT2D eigenvalue weighted by Gasteiger charge is -2.31. The van der Waals surface area contributed by atoms with Crippen molar-refractivity contribution in [2.45, 2.75) is 72.4 Å². The van der Waals surface area contributed by atoms with E-state index in [4.69, 9.17) is 4.98 Å². The SMILES string of the molecule is CCCC(c1nc2cc(C#N)ccc2n1CCC)N(CCC)CCC. The van der Waals surface area contributed by atoms with E-state index in [0.717, 1.165) is 62.8 Å². The number of nitriles is 1. The number of nitrogens with zero attached hydrogens (tertiary/aromatic N) is 4. The minimum Gasteiger partial charge on any atom is -0.327 e. The lowest BCUT2D eigenvalue weighted by molar-refractivity contribution is 0.176. The largest absolute Gasteiger partial charge is 0.327 e. The summed E-state index contributed by atoms with van der Waals surface area (Å²) < 4.78 is 2.38. The van der Waals surface area contributed by atoms with E-state index < -0.39 is 0 Å². The summed E-state index contributed by atoms with van der Waals surface area (Å²) >= 11 is 0. The minimum atomic E-state index is 0.356. The molecule has 1 atom stereocenters. The highest BCUT2D eigenvalue weighted by atomic mass is 15.2. The molecule has 2 rings (SSSR count). The topological polar surface area (TPSA) is 44.9 Å². The zero-order valence-electron chi connectivity index (χ0n) is 16.3. The molecule has 0 radical (unpaired) electrons. The minimum absolute atomic E-state index is 0.356. The summed E-state index contributed by atoms with van der Waals surface area (Å²) in [5, 5.41) is 9.21. The smallest absolute Gasteiger partial charge is 0.127 e. The summed E-state index contributed by atoms with van der Waals surface area (Å²) in [5.41, 5.74) is 2.80. The summed E-state index contributed by atoms with van der Waals surface area (Å²) in [6, 6.07) is 8.49. The first-order valence-electron chi connectivity index (χ1n) is 9.84. The van der Waals surface area contributed by atoms with Crippen molar-refractivity contribution < 1.29 is 0 Å². The van der Waals surface area contributed by atoms with Gasteiger partial charge < -0.3 is 4.57 Å². The number of hydrogen-bond donors (Lipinski definition) is 0. The van der Waals surface area contributed by atoms with Crippen LogP contribution in [0.1, 0.15) is 77.2 Å². The Balaban J connectivity index is 2.56. The quantitative estimate of drug-likeness (QED) is 0.591. The molecule has 0 spiro atoms. The van der Waals surface area contributed by atoms with Gasteiger partial charge in [0.25, 0.3) is 0 Å². The maximum atomic E-state index is 9.21. The van der Waals surface area contributed by atoms with Crippen LogP contribution in [0.15, 0.2) is 18.2 Å². The summed E-state index contributed by atoms with van der Waals surface area (Å²) in [4.78, 5) is 7.61. The molecular weight excluding hydrogens is 308 g/mol. The van der Waals surface area contributed by atoms with Crippen molar-refractivity contribution in [3.05, 3.63) is 29.6 Å². The third-order valence-electron chi connectivity index (χ3n) is 4.68. The second-order valence-electron chi connectivity index (χ2n) is 6.78. The van der Waals surface area contributed by atoms with Gasteiger partial charge in [-0.1, -0.05) is 34.1 Å². The lowest BCUT2D eigenvalue weighted by atomic mass is 10.1. The predicted molar refractivity (Wildman–Crippen MR) is 105 cm³/mol. The fourth-order valence-electron chi connectivity index (χ4n) is 3.68. The fraction of sp³-hybridized carbons (Fsp3) is 0.619. The summed E-state index contributed by atoms with van der Waals surface area (Å²) in [5.74, 6) is 1.18. The molecule has 136 valence electrons. The monoisotopic (exact) mass is 340 g/mol. The van der Waals surface area contributed by atoms with E-state index in [1.165, 1.54) is 5.82 Å². The zero-order valence-corrected chi connectivity index (χ0v) is 16.3. The fourth-order valence-corrected chi connectivity index (χ4v) is 3.68. The maximum absolute atomic E-state index is 9.21. The molecule has 1 unspecified atom stereocenters. The van der Waals surface area contributed by atoms with Crippen LogP contribution in [0, 0.1) is 11.3 Å². The normalized spacial score (nSPS) is 12.6. The van der Waals surface area contributed by atoms with Crippen LogP contribution in [0.2, 0.25) is 0 Å². The van der Waals surface area contributed by atoms with E-state index >= 15 is 0 Å². The summed E-state index contributed by atoms with van der Waals surface area (Å²) in [6.07, 6.45) is 5.67. The molecule has 2 aromatic rings. The molecule has 0 N–H and O–H groups in total. The van der Waals surface area contributed by atoms with Gasteiger partial charge in [0.2, 0.25) is 0 Å². The predicted octanol–water partition coefficient (Wildman–Crippen LogP) is 5.28. The van der Waals surface area contributed by atoms with Gasteiger partial charge in [0, 0.05) is 6.54 Å². The van der Waals surface area contributed by atoms with Crippen molar-refractivity contribution in [2.24, 2.45) is 0 Å². The Morgan fingerprint density at radius 2 is 1.80 bits per heavy atom. The van der Waals surface area contributed by atoms with Crippen molar-refractivity contribution in [1.29, 1.82) is 5.26 Å². The van der Waals surface area contributed by atoms with E-state index in [1.54, 1.807) is 0 Å². The van der Waals surface area contributed by atoms with Crippen LogP contribution >= 0.6 is 0 Å². The van der Waals surface area contributed by atoms with Crippen LogP contribution in [0.4, 0.5) is 0 Å². The van der Waals surface area contributed by atoms with Gasteiger partial charge in [-0.15, -0.1) is 0 Å². The van der Waals surface area contributed by atoms with Crippen molar-refractivity contribution in [1.82, 2.24) is 14.5 Å². The molecule has 0 aliphatic heterocycles. The Hall–Kier alpha value is -1.86. The summed E-state index contributed by atoms with van der Waals surface area (Å²) in [7, 11) is 0. The lowest BCUT2D eigenvalue weighted by Crippen LogP contribution is -2.32. The highest BCUT2D eigenvalue weighted by Gasteiger charge is 2.24. The Labute approximate surface area is 152 Å². The number of imidazole rings is 1. The number of aromatic nitrogens is 2. The highest BCUT2D eigenvalue weighted by molar-refractivity contribution is 5.78. The third-order valence-corrected chi connectivity index (χ3v) is 4.68. The highest BCUT2D eigenvalue weighted by Crippen LogP contribution is 2.29. The Kier molecular flexibility index (Phi) is 7.46. The first kappa shape index (κ1) is 19.5. The third kappa shape index (κ3) is 4.41. The molecule has 0 saturated heterocycles. The molecule has 0 saturated carbocycles. The number of hydrogen-bond acceptors (Lipinski definition) is 3. The first-order valence-corrected chi connectivity index (χ1v) is 9.84. The van der Waals surface area contributed by atoms with Gasteiger partial charge in [-0.05, 0) is 57.0 Å². The zero-order chi connectivity index (χ0) is 18.2. The molecular formula is C21H32N4. The Morgan fingerprint density at radius 1 is 1.08 bits per heavy atom.